The van der Waals surface area contributed by atoms with Crippen molar-refractivity contribution in [2.45, 2.75) is 12.2 Å². The molecule has 4 radical (unpaired) electrons. The fourth-order valence-electron chi connectivity index (χ4n) is 2.54. The van der Waals surface area contributed by atoms with Gasteiger partial charge in [0.05, 0.1) is 33.3 Å². The third-order valence-electron chi connectivity index (χ3n) is 4.86. The third-order valence-corrected chi connectivity index (χ3v) is 7.60. The van der Waals surface area contributed by atoms with Crippen molar-refractivity contribution < 1.29 is 20.4 Å². The van der Waals surface area contributed by atoms with Crippen LogP contribution in [0.15, 0.2) is 62.2 Å². The maximum atomic E-state index is 9.15. The number of hydrogen-bond donors (Lipinski definition) is 4. The Hall–Kier alpha value is -1.63. The zero-order chi connectivity index (χ0) is 35.4. The highest BCUT2D eigenvalue weighted by atomic mass is 35.5. The normalized spacial score (nSPS) is 11.0. The Balaban J connectivity index is 0.000000578. The van der Waals surface area contributed by atoms with Gasteiger partial charge in [-0.15, -0.1) is 0 Å². The number of hydrogen-bond acceptors (Lipinski definition) is 8. The van der Waals surface area contributed by atoms with E-state index in [0.29, 0.717) is 31.5 Å². The first-order valence-corrected chi connectivity index (χ1v) is 15.2. The summed E-state index contributed by atoms with van der Waals surface area (Å²) in [5.74, 6) is 0. The van der Waals surface area contributed by atoms with Crippen LogP contribution < -0.4 is 0 Å². The van der Waals surface area contributed by atoms with Gasteiger partial charge in [-0.05, 0) is 35.4 Å². The molecule has 0 unspecified atom stereocenters. The molecule has 4 N–H and O–H groups in total. The van der Waals surface area contributed by atoms with Crippen molar-refractivity contribution in [3.05, 3.63) is 125 Å². The van der Waals surface area contributed by atoms with Gasteiger partial charge in [-0.1, -0.05) is 118 Å². The number of nitrogens with zero attached hydrogens (tertiary/aromatic N) is 4. The molecule has 0 amide bonds. The van der Waals surface area contributed by atoms with Crippen molar-refractivity contribution in [1.82, 2.24) is 19.9 Å². The molecule has 0 fully saturated rings. The Bertz CT molecular complexity index is 1430. The molecule has 8 nitrogen and oxygen atoms in total. The minimum atomic E-state index is -0.952. The molecule has 4 aromatic heterocycles. The van der Waals surface area contributed by atoms with Crippen molar-refractivity contribution in [3.8, 4) is 0 Å². The van der Waals surface area contributed by atoms with E-state index in [9.17, 15) is 0 Å². The van der Waals surface area contributed by atoms with E-state index in [4.69, 9.17) is 113 Å². The van der Waals surface area contributed by atoms with Crippen LogP contribution >= 0.6 is 92.8 Å². The molecule has 0 bridgehead atoms. The van der Waals surface area contributed by atoms with Crippen LogP contribution in [0.2, 0.25) is 40.7 Å². The van der Waals surface area contributed by atoms with Crippen LogP contribution in [0.25, 0.3) is 12.2 Å². The molecule has 0 aliphatic carbocycles. The lowest BCUT2D eigenvalue weighted by Gasteiger charge is -2.06. The lowest BCUT2D eigenvalue weighted by atomic mass is 9.81. The fraction of sp³-hybridized carbons (Fsp3) is 0.143. The standard InChI is InChI=1S/2C7H7Cl2NO2.2C7H5Cl2N.B2/c2*8-5-1-4(6(12)3-11)2-10-7(5)9;2*1-2-5-3-6(8)7(9)10-4-5;1-2/h2*1-2,6,11-12H,3H2;2*2-4H,1H2;/t2*6-;;;/m10.../s1. The molecule has 18 heteroatoms. The van der Waals surface area contributed by atoms with Crippen molar-refractivity contribution >= 4 is 120 Å². The average molecular weight is 786 g/mol. The molecule has 0 spiro atoms. The molecular formula is C28H24B2Cl8N4O4. The van der Waals surface area contributed by atoms with Crippen LogP contribution in [0.5, 0.6) is 0 Å². The summed E-state index contributed by atoms with van der Waals surface area (Å²) in [4.78, 5) is 15.0. The first-order chi connectivity index (χ1) is 21.8. The number of aliphatic hydroxyl groups is 4. The summed E-state index contributed by atoms with van der Waals surface area (Å²) in [7, 11) is 8.00. The minimum absolute atomic E-state index is 0.186. The second-order valence-corrected chi connectivity index (χ2v) is 11.0. The molecule has 0 aliphatic heterocycles. The molecule has 46 heavy (non-hydrogen) atoms. The highest BCUT2D eigenvalue weighted by molar-refractivity contribution is 6.75. The van der Waals surface area contributed by atoms with Gasteiger partial charge in [0.15, 0.2) is 0 Å². The summed E-state index contributed by atoms with van der Waals surface area (Å²) in [6.07, 6.45) is 7.39. The van der Waals surface area contributed by atoms with E-state index in [-0.39, 0.29) is 33.6 Å². The molecule has 0 saturated carbocycles. The largest absolute Gasteiger partial charge is 0.393 e. The Labute approximate surface area is 309 Å². The Morgan fingerprint density at radius 1 is 0.543 bits per heavy atom. The quantitative estimate of drug-likeness (QED) is 0.114. The number of pyridine rings is 4. The zero-order valence-corrected chi connectivity index (χ0v) is 29.6. The zero-order valence-electron chi connectivity index (χ0n) is 23.5. The lowest BCUT2D eigenvalue weighted by Crippen LogP contribution is -2.02. The summed E-state index contributed by atoms with van der Waals surface area (Å²) in [6.45, 7) is 6.40. The number of aromatic nitrogens is 4. The first-order valence-electron chi connectivity index (χ1n) is 12.2. The van der Waals surface area contributed by atoms with Gasteiger partial charge in [-0.2, -0.15) is 0 Å². The molecule has 4 aromatic rings. The number of halogens is 8. The van der Waals surface area contributed by atoms with Crippen molar-refractivity contribution in [1.29, 1.82) is 0 Å². The second kappa shape index (κ2) is 24.5. The summed E-state index contributed by atoms with van der Waals surface area (Å²) >= 11 is 44.8. The molecule has 2 atom stereocenters. The van der Waals surface area contributed by atoms with E-state index in [1.165, 1.54) is 24.5 Å². The maximum absolute atomic E-state index is 9.15. The van der Waals surface area contributed by atoms with Crippen LogP contribution in [0.4, 0.5) is 0 Å². The van der Waals surface area contributed by atoms with Crippen LogP contribution in [-0.4, -0.2) is 69.0 Å². The lowest BCUT2D eigenvalue weighted by molar-refractivity contribution is 0.0953. The van der Waals surface area contributed by atoms with Gasteiger partial charge >= 0.3 is 0 Å². The maximum Gasteiger partial charge on any atom is 0.147 e. The molecule has 0 aliphatic rings. The van der Waals surface area contributed by atoms with Gasteiger partial charge in [0.25, 0.3) is 0 Å². The van der Waals surface area contributed by atoms with E-state index >= 15 is 0 Å². The van der Waals surface area contributed by atoms with Gasteiger partial charge in [0, 0.05) is 51.4 Å². The van der Waals surface area contributed by atoms with Gasteiger partial charge in [-0.3, -0.25) is 0 Å². The van der Waals surface area contributed by atoms with Gasteiger partial charge in [0.2, 0.25) is 0 Å². The van der Waals surface area contributed by atoms with E-state index in [1.54, 1.807) is 36.7 Å². The Kier molecular flexibility index (Phi) is 23.6. The second-order valence-electron chi connectivity index (χ2n) is 7.97. The van der Waals surface area contributed by atoms with Gasteiger partial charge < -0.3 is 20.4 Å². The van der Waals surface area contributed by atoms with Crippen LogP contribution in [0.1, 0.15) is 34.5 Å². The molecular weight excluding hydrogens is 762 g/mol. The number of aliphatic hydroxyl groups excluding tert-OH is 4. The van der Waals surface area contributed by atoms with Gasteiger partial charge in [0.1, 0.15) is 32.8 Å². The molecule has 0 saturated heterocycles. The summed E-state index contributed by atoms with van der Waals surface area (Å²) in [5.41, 5.74) is 2.64. The first kappa shape index (κ1) is 44.4. The number of rotatable bonds is 6. The monoisotopic (exact) mass is 782 g/mol. The van der Waals surface area contributed by atoms with E-state index in [2.05, 4.69) is 48.6 Å². The minimum Gasteiger partial charge on any atom is -0.393 e. The van der Waals surface area contributed by atoms with Crippen LogP contribution in [0.3, 0.4) is 0 Å². The highest BCUT2D eigenvalue weighted by Gasteiger charge is 2.09. The van der Waals surface area contributed by atoms with Crippen molar-refractivity contribution in [2.24, 2.45) is 0 Å². The topological polar surface area (TPSA) is 132 Å². The third kappa shape index (κ3) is 16.5. The van der Waals surface area contributed by atoms with Crippen molar-refractivity contribution in [2.75, 3.05) is 13.2 Å². The van der Waals surface area contributed by atoms with E-state index in [0.717, 1.165) is 11.1 Å². The summed E-state index contributed by atoms with van der Waals surface area (Å²) < 4.78 is 0. The molecule has 4 heterocycles. The Morgan fingerprint density at radius 2 is 0.804 bits per heavy atom. The van der Waals surface area contributed by atoms with Crippen LogP contribution in [-0.2, 0) is 0 Å². The van der Waals surface area contributed by atoms with Crippen molar-refractivity contribution in [3.63, 3.8) is 0 Å². The molecule has 0 aromatic carbocycles. The fourth-order valence-corrected chi connectivity index (χ4v) is 3.66. The molecule has 242 valence electrons. The van der Waals surface area contributed by atoms with Gasteiger partial charge in [-0.25, -0.2) is 19.9 Å². The predicted octanol–water partition coefficient (Wildman–Crippen LogP) is 8.13. The highest BCUT2D eigenvalue weighted by Crippen LogP contribution is 2.24. The molecule has 4 rings (SSSR count). The van der Waals surface area contributed by atoms with E-state index < -0.39 is 12.2 Å². The van der Waals surface area contributed by atoms with Crippen LogP contribution in [0, 0.1) is 0 Å². The Morgan fingerprint density at radius 3 is 1.02 bits per heavy atom. The smallest absolute Gasteiger partial charge is 0.147 e. The predicted molar refractivity (Wildman–Crippen MR) is 193 cm³/mol. The summed E-state index contributed by atoms with van der Waals surface area (Å²) in [5, 5.41) is 38.0. The summed E-state index contributed by atoms with van der Waals surface area (Å²) in [6, 6.07) is 6.36. The van der Waals surface area contributed by atoms with E-state index in [1.807, 2.05) is 0 Å². The SMILES string of the molecule is C=Cc1cnc(Cl)c(Cl)c1.C=Cc1cnc(Cl)c(Cl)c1.OC[C@@H](O)c1cnc(Cl)c(Cl)c1.OC[C@H](O)c1cnc(Cl)c(Cl)c1.[B][B]. The average Bonchev–Trinajstić information content (AvgIpc) is 3.07.